The van der Waals surface area contributed by atoms with Crippen molar-refractivity contribution in [2.24, 2.45) is 7.05 Å². The normalized spacial score (nSPS) is 27.2. The highest BCUT2D eigenvalue weighted by Gasteiger charge is 2.47. The highest BCUT2D eigenvalue weighted by molar-refractivity contribution is 5.91. The van der Waals surface area contributed by atoms with E-state index in [1.165, 1.54) is 0 Å². The number of halogens is 3. The summed E-state index contributed by atoms with van der Waals surface area (Å²) in [4.78, 5) is 28.2. The lowest BCUT2D eigenvalue weighted by Crippen LogP contribution is -2.48. The molecule has 0 saturated carbocycles. The van der Waals surface area contributed by atoms with Gasteiger partial charge in [-0.05, 0) is 25.7 Å². The second-order valence-corrected chi connectivity index (χ2v) is 7.83. The molecule has 12 heteroatoms. The summed E-state index contributed by atoms with van der Waals surface area (Å²) in [7, 11) is 1.84. The largest absolute Gasteiger partial charge is 0.490 e. The van der Waals surface area contributed by atoms with Crippen molar-refractivity contribution >= 4 is 11.9 Å². The van der Waals surface area contributed by atoms with Gasteiger partial charge in [-0.3, -0.25) is 9.69 Å². The molecule has 4 rings (SSSR count). The summed E-state index contributed by atoms with van der Waals surface area (Å²) in [6, 6.07) is 0.985. The number of nitrogens with one attached hydrogen (secondary N) is 1. The van der Waals surface area contributed by atoms with Crippen molar-refractivity contribution in [3.05, 3.63) is 18.2 Å². The van der Waals surface area contributed by atoms with Crippen LogP contribution >= 0.6 is 0 Å². The molecule has 1 aromatic rings. The summed E-state index contributed by atoms with van der Waals surface area (Å²) in [5.74, 6) is -2.42. The number of aromatic nitrogens is 2. The Bertz CT molecular complexity index is 766. The molecule has 0 spiro atoms. The third-order valence-electron chi connectivity index (χ3n) is 5.81. The molecular formula is C19H27F3N4O5. The number of nitrogens with zero attached hydrogens (tertiary/aromatic N) is 3. The van der Waals surface area contributed by atoms with E-state index in [0.717, 1.165) is 52.0 Å². The van der Waals surface area contributed by atoms with E-state index in [4.69, 9.17) is 19.4 Å². The topological polar surface area (TPSA) is 106 Å². The van der Waals surface area contributed by atoms with Gasteiger partial charge in [0, 0.05) is 57.9 Å². The number of carboxylic acid groups (broad SMARTS) is 1. The van der Waals surface area contributed by atoms with E-state index in [9.17, 15) is 18.0 Å². The Morgan fingerprint density at radius 1 is 1.23 bits per heavy atom. The van der Waals surface area contributed by atoms with Gasteiger partial charge in [-0.15, -0.1) is 0 Å². The molecule has 31 heavy (non-hydrogen) atoms. The first kappa shape index (κ1) is 23.5. The number of aliphatic carboxylic acids is 1. The molecule has 9 nitrogen and oxygen atoms in total. The van der Waals surface area contributed by atoms with Crippen LogP contribution in [0.1, 0.15) is 36.3 Å². The van der Waals surface area contributed by atoms with Crippen LogP contribution in [0.5, 0.6) is 0 Å². The fourth-order valence-electron chi connectivity index (χ4n) is 4.37. The van der Waals surface area contributed by atoms with E-state index in [-0.39, 0.29) is 18.1 Å². The molecule has 1 aromatic heterocycles. The maximum Gasteiger partial charge on any atom is 0.490 e. The number of carbonyl (C=O) groups excluding carboxylic acids is 1. The van der Waals surface area contributed by atoms with Gasteiger partial charge in [0.1, 0.15) is 0 Å². The first-order chi connectivity index (χ1) is 14.7. The maximum atomic E-state index is 12.6. The molecule has 0 radical (unpaired) electrons. The summed E-state index contributed by atoms with van der Waals surface area (Å²) >= 11 is 0. The van der Waals surface area contributed by atoms with Gasteiger partial charge < -0.3 is 24.5 Å². The van der Waals surface area contributed by atoms with E-state index >= 15 is 0 Å². The van der Waals surface area contributed by atoms with Crippen LogP contribution in [-0.4, -0.2) is 88.2 Å². The Kier molecular flexibility index (Phi) is 7.55. The Labute approximate surface area is 177 Å². The van der Waals surface area contributed by atoms with Crippen LogP contribution in [0, 0.1) is 0 Å². The standard InChI is InChI=1S/C17H26N4O3.C2HF3O2/c1-20-7-6-18-16(20)17(22)19-13-11-21(12-4-9-23-10-5-12)14-3-2-8-24-15(13)14;3-2(4,5)1(6)7/h6-7,12-15H,2-5,8-11H2,1H3,(H,19,22);(H,6,7)/t13-,14+,15+;/m0./s1. The van der Waals surface area contributed by atoms with E-state index in [1.807, 2.05) is 7.05 Å². The number of imidazole rings is 1. The number of hydrogen-bond donors (Lipinski definition) is 2. The number of alkyl halides is 3. The molecule has 3 aliphatic rings. The Morgan fingerprint density at radius 2 is 1.90 bits per heavy atom. The van der Waals surface area contributed by atoms with Gasteiger partial charge >= 0.3 is 12.1 Å². The quantitative estimate of drug-likeness (QED) is 0.716. The number of carbonyl (C=O) groups is 2. The van der Waals surface area contributed by atoms with Gasteiger partial charge in [-0.2, -0.15) is 13.2 Å². The third-order valence-corrected chi connectivity index (χ3v) is 5.81. The zero-order valence-electron chi connectivity index (χ0n) is 17.2. The minimum Gasteiger partial charge on any atom is -0.475 e. The van der Waals surface area contributed by atoms with Crippen LogP contribution in [0.15, 0.2) is 12.4 Å². The van der Waals surface area contributed by atoms with Gasteiger partial charge in [0.25, 0.3) is 5.91 Å². The molecule has 3 saturated heterocycles. The zero-order chi connectivity index (χ0) is 22.6. The smallest absolute Gasteiger partial charge is 0.475 e. The van der Waals surface area contributed by atoms with Crippen LogP contribution in [0.25, 0.3) is 0 Å². The van der Waals surface area contributed by atoms with Crippen molar-refractivity contribution in [1.29, 1.82) is 0 Å². The van der Waals surface area contributed by atoms with Crippen LogP contribution in [0.4, 0.5) is 13.2 Å². The molecule has 3 fully saturated rings. The molecule has 0 aromatic carbocycles. The third kappa shape index (κ3) is 5.74. The summed E-state index contributed by atoms with van der Waals surface area (Å²) in [6.07, 6.45) is 2.84. The fraction of sp³-hybridized carbons (Fsp3) is 0.737. The van der Waals surface area contributed by atoms with Gasteiger partial charge in [-0.25, -0.2) is 9.78 Å². The molecule has 1 amide bonds. The summed E-state index contributed by atoms with van der Waals surface area (Å²) < 4.78 is 45.1. The predicted molar refractivity (Wildman–Crippen MR) is 101 cm³/mol. The first-order valence-electron chi connectivity index (χ1n) is 10.2. The highest BCUT2D eigenvalue weighted by Crippen LogP contribution is 2.33. The summed E-state index contributed by atoms with van der Waals surface area (Å²) in [5.41, 5.74) is 0. The molecule has 2 N–H and O–H groups in total. The number of amides is 1. The second kappa shape index (κ2) is 9.96. The Balaban J connectivity index is 0.000000339. The van der Waals surface area contributed by atoms with Gasteiger partial charge in [0.05, 0.1) is 12.1 Å². The maximum absolute atomic E-state index is 12.6. The fourth-order valence-corrected chi connectivity index (χ4v) is 4.37. The lowest BCUT2D eigenvalue weighted by atomic mass is 9.99. The van der Waals surface area contributed by atoms with Crippen molar-refractivity contribution in [2.45, 2.75) is 56.1 Å². The van der Waals surface area contributed by atoms with Gasteiger partial charge in [0.2, 0.25) is 0 Å². The number of ether oxygens (including phenoxy) is 2. The van der Waals surface area contributed by atoms with Crippen molar-refractivity contribution in [2.75, 3.05) is 26.4 Å². The van der Waals surface area contributed by atoms with E-state index in [1.54, 1.807) is 17.0 Å². The SMILES string of the molecule is Cn1ccnc1C(=O)N[C@H]1CN(C2CCOCC2)[C@@H]2CCCO[C@H]12.O=C(O)C(F)(F)F. The lowest BCUT2D eigenvalue weighted by Gasteiger charge is -2.38. The van der Waals surface area contributed by atoms with Crippen LogP contribution in [0.2, 0.25) is 0 Å². The minimum atomic E-state index is -5.08. The monoisotopic (exact) mass is 448 g/mol. The van der Waals surface area contributed by atoms with Crippen LogP contribution in [0.3, 0.4) is 0 Å². The molecule has 0 unspecified atom stereocenters. The van der Waals surface area contributed by atoms with E-state index < -0.39 is 12.1 Å². The van der Waals surface area contributed by atoms with Crippen molar-refractivity contribution < 1.29 is 37.3 Å². The van der Waals surface area contributed by atoms with Gasteiger partial charge in [0.15, 0.2) is 5.82 Å². The second-order valence-electron chi connectivity index (χ2n) is 7.83. The van der Waals surface area contributed by atoms with Crippen molar-refractivity contribution in [3.63, 3.8) is 0 Å². The number of rotatable bonds is 3. The molecule has 174 valence electrons. The molecular weight excluding hydrogens is 421 g/mol. The number of fused-ring (bicyclic) bond motifs is 1. The Morgan fingerprint density at radius 3 is 2.48 bits per heavy atom. The van der Waals surface area contributed by atoms with E-state index in [0.29, 0.717) is 17.9 Å². The Hall–Kier alpha value is -2.18. The first-order valence-corrected chi connectivity index (χ1v) is 10.2. The average molecular weight is 448 g/mol. The number of hydrogen-bond acceptors (Lipinski definition) is 6. The molecule has 3 aliphatic heterocycles. The molecule has 3 atom stereocenters. The average Bonchev–Trinajstić information content (AvgIpc) is 3.32. The van der Waals surface area contributed by atoms with Gasteiger partial charge in [-0.1, -0.05) is 0 Å². The lowest BCUT2D eigenvalue weighted by molar-refractivity contribution is -0.192. The van der Waals surface area contributed by atoms with Crippen molar-refractivity contribution in [1.82, 2.24) is 19.8 Å². The number of likely N-dealkylation sites (tertiary alicyclic amines) is 1. The van der Waals surface area contributed by atoms with Crippen molar-refractivity contribution in [3.8, 4) is 0 Å². The predicted octanol–water partition coefficient (Wildman–Crippen LogP) is 1.19. The number of carboxylic acids is 1. The molecule has 4 heterocycles. The summed E-state index contributed by atoms with van der Waals surface area (Å²) in [5, 5.41) is 10.3. The zero-order valence-corrected chi connectivity index (χ0v) is 17.2. The molecule has 0 bridgehead atoms. The minimum absolute atomic E-state index is 0.0299. The van der Waals surface area contributed by atoms with Crippen LogP contribution in [-0.2, 0) is 21.3 Å². The molecule has 0 aliphatic carbocycles. The summed E-state index contributed by atoms with van der Waals surface area (Å²) in [6.45, 7) is 3.32. The highest BCUT2D eigenvalue weighted by atomic mass is 19.4. The number of aryl methyl sites for hydroxylation is 1. The van der Waals surface area contributed by atoms with E-state index in [2.05, 4.69) is 15.2 Å². The van der Waals surface area contributed by atoms with Crippen LogP contribution < -0.4 is 5.32 Å².